The van der Waals surface area contributed by atoms with E-state index in [1.54, 1.807) is 6.07 Å². The van der Waals surface area contributed by atoms with Gasteiger partial charge in [-0.15, -0.1) is 0 Å². The predicted molar refractivity (Wildman–Crippen MR) is 64.8 cm³/mol. The van der Waals surface area contributed by atoms with Gasteiger partial charge in [0, 0.05) is 18.7 Å². The molecule has 0 saturated carbocycles. The smallest absolute Gasteiger partial charge is 0.270 e. The van der Waals surface area contributed by atoms with Crippen LogP contribution in [0.1, 0.15) is 6.92 Å². The number of nitrogens with one attached hydrogen (secondary N) is 1. The summed E-state index contributed by atoms with van der Waals surface area (Å²) < 4.78 is 6.04. The molecule has 0 heterocycles. The summed E-state index contributed by atoms with van der Waals surface area (Å²) in [6.07, 6.45) is 0. The van der Waals surface area contributed by atoms with Crippen LogP contribution in [0.3, 0.4) is 0 Å². The van der Waals surface area contributed by atoms with Crippen molar-refractivity contribution in [2.45, 2.75) is 6.92 Å². The third-order valence-corrected chi connectivity index (χ3v) is 2.53. The fourth-order valence-corrected chi connectivity index (χ4v) is 1.61. The predicted octanol–water partition coefficient (Wildman–Crippen LogP) is 2.35. The summed E-state index contributed by atoms with van der Waals surface area (Å²) in [6, 6.07) is 4.45. The molecule has 0 aliphatic rings. The Kier molecular flexibility index (Phi) is 5.21. The number of nitro benzene ring substituents is 1. The summed E-state index contributed by atoms with van der Waals surface area (Å²) >= 11 is 3.23. The number of nitrogens with zero attached hydrogens (tertiary/aromatic N) is 1. The molecule has 0 bridgehead atoms. The molecule has 0 fully saturated rings. The quantitative estimate of drug-likeness (QED) is 0.496. The third-order valence-electron chi connectivity index (χ3n) is 1.91. The highest BCUT2D eigenvalue weighted by Crippen LogP contribution is 2.28. The van der Waals surface area contributed by atoms with Crippen LogP contribution < -0.4 is 10.1 Å². The Hall–Kier alpha value is -1.14. The van der Waals surface area contributed by atoms with E-state index in [1.807, 2.05) is 6.92 Å². The van der Waals surface area contributed by atoms with Crippen LogP contribution in [0, 0.1) is 10.1 Å². The van der Waals surface area contributed by atoms with Gasteiger partial charge in [0.2, 0.25) is 0 Å². The molecule has 0 saturated heterocycles. The summed E-state index contributed by atoms with van der Waals surface area (Å²) in [7, 11) is 0. The summed E-state index contributed by atoms with van der Waals surface area (Å²) in [5, 5.41) is 13.6. The van der Waals surface area contributed by atoms with Crippen LogP contribution in [-0.2, 0) is 0 Å². The van der Waals surface area contributed by atoms with Gasteiger partial charge in [-0.3, -0.25) is 10.1 Å². The van der Waals surface area contributed by atoms with Crippen molar-refractivity contribution in [2.24, 2.45) is 0 Å². The van der Waals surface area contributed by atoms with Crippen LogP contribution in [0.2, 0.25) is 0 Å². The number of benzene rings is 1. The highest BCUT2D eigenvalue weighted by atomic mass is 79.9. The SMILES string of the molecule is CCNCCOc1ccc([N+](=O)[O-])cc1Br. The number of ether oxygens (including phenoxy) is 1. The van der Waals surface area contributed by atoms with Crippen LogP contribution >= 0.6 is 15.9 Å². The molecular weight excluding hydrogens is 276 g/mol. The fourth-order valence-electron chi connectivity index (χ4n) is 1.13. The van der Waals surface area contributed by atoms with E-state index in [0.29, 0.717) is 16.8 Å². The zero-order valence-corrected chi connectivity index (χ0v) is 10.5. The molecule has 0 atom stereocenters. The van der Waals surface area contributed by atoms with Crippen LogP contribution in [0.4, 0.5) is 5.69 Å². The Morgan fingerprint density at radius 2 is 2.31 bits per heavy atom. The Balaban J connectivity index is 2.57. The number of nitro groups is 1. The van der Waals surface area contributed by atoms with Gasteiger partial charge in [0.1, 0.15) is 12.4 Å². The third kappa shape index (κ3) is 3.79. The van der Waals surface area contributed by atoms with Gasteiger partial charge >= 0.3 is 0 Å². The molecule has 0 aliphatic carbocycles. The van der Waals surface area contributed by atoms with E-state index in [-0.39, 0.29) is 5.69 Å². The molecule has 1 rings (SSSR count). The molecule has 16 heavy (non-hydrogen) atoms. The van der Waals surface area contributed by atoms with Gasteiger partial charge in [0.15, 0.2) is 0 Å². The lowest BCUT2D eigenvalue weighted by Gasteiger charge is -2.07. The molecule has 1 aromatic carbocycles. The molecule has 1 aromatic rings. The second kappa shape index (κ2) is 6.44. The molecule has 0 radical (unpaired) electrons. The van der Waals surface area contributed by atoms with Gasteiger partial charge in [-0.1, -0.05) is 6.92 Å². The van der Waals surface area contributed by atoms with Crippen molar-refractivity contribution in [1.82, 2.24) is 5.32 Å². The molecule has 5 nitrogen and oxygen atoms in total. The molecule has 0 aromatic heterocycles. The summed E-state index contributed by atoms with van der Waals surface area (Å²) in [4.78, 5) is 10.1. The topological polar surface area (TPSA) is 64.4 Å². The first-order valence-corrected chi connectivity index (χ1v) is 5.72. The molecule has 0 spiro atoms. The van der Waals surface area contributed by atoms with Gasteiger partial charge in [-0.25, -0.2) is 0 Å². The lowest BCUT2D eigenvalue weighted by Crippen LogP contribution is -2.20. The highest BCUT2D eigenvalue weighted by molar-refractivity contribution is 9.10. The van der Waals surface area contributed by atoms with E-state index in [1.165, 1.54) is 12.1 Å². The Labute approximate surface area is 102 Å². The van der Waals surface area contributed by atoms with Crippen molar-refractivity contribution >= 4 is 21.6 Å². The molecule has 88 valence electrons. The average Bonchev–Trinajstić information content (AvgIpc) is 2.26. The van der Waals surface area contributed by atoms with Crippen molar-refractivity contribution in [2.75, 3.05) is 19.7 Å². The number of halogens is 1. The van der Waals surface area contributed by atoms with Crippen LogP contribution in [0.5, 0.6) is 5.75 Å². The van der Waals surface area contributed by atoms with E-state index in [9.17, 15) is 10.1 Å². The van der Waals surface area contributed by atoms with Crippen molar-refractivity contribution in [3.05, 3.63) is 32.8 Å². The summed E-state index contributed by atoms with van der Waals surface area (Å²) in [5.41, 5.74) is 0.0471. The zero-order chi connectivity index (χ0) is 12.0. The summed E-state index contributed by atoms with van der Waals surface area (Å²) in [5.74, 6) is 0.614. The fraction of sp³-hybridized carbons (Fsp3) is 0.400. The molecule has 0 unspecified atom stereocenters. The maximum atomic E-state index is 10.5. The van der Waals surface area contributed by atoms with E-state index in [4.69, 9.17) is 4.74 Å². The van der Waals surface area contributed by atoms with Gasteiger partial charge < -0.3 is 10.1 Å². The monoisotopic (exact) mass is 288 g/mol. The molecule has 0 amide bonds. The standard InChI is InChI=1S/C10H13BrN2O3/c1-2-12-5-6-16-10-4-3-8(13(14)15)7-9(10)11/h3-4,7,12H,2,5-6H2,1H3. The summed E-state index contributed by atoms with van der Waals surface area (Å²) in [6.45, 7) is 4.19. The van der Waals surface area contributed by atoms with E-state index < -0.39 is 4.92 Å². The number of rotatable bonds is 6. The van der Waals surface area contributed by atoms with Gasteiger partial charge in [-0.2, -0.15) is 0 Å². The first-order valence-electron chi connectivity index (χ1n) is 4.92. The normalized spacial score (nSPS) is 10.1. The minimum absolute atomic E-state index is 0.0471. The van der Waals surface area contributed by atoms with E-state index >= 15 is 0 Å². The number of hydrogen-bond donors (Lipinski definition) is 1. The van der Waals surface area contributed by atoms with E-state index in [0.717, 1.165) is 13.1 Å². The van der Waals surface area contributed by atoms with Crippen LogP contribution in [-0.4, -0.2) is 24.6 Å². The molecule has 0 aliphatic heterocycles. The number of non-ortho nitro benzene ring substituents is 1. The van der Waals surface area contributed by atoms with Crippen LogP contribution in [0.25, 0.3) is 0 Å². The number of hydrogen-bond acceptors (Lipinski definition) is 4. The molecular formula is C10H13BrN2O3. The lowest BCUT2D eigenvalue weighted by atomic mass is 10.3. The van der Waals surface area contributed by atoms with E-state index in [2.05, 4.69) is 21.2 Å². The average molecular weight is 289 g/mol. The first kappa shape index (κ1) is 12.9. The van der Waals surface area contributed by atoms with Crippen molar-refractivity contribution in [1.29, 1.82) is 0 Å². The second-order valence-electron chi connectivity index (χ2n) is 3.07. The Morgan fingerprint density at radius 1 is 1.56 bits per heavy atom. The molecule has 6 heteroatoms. The minimum Gasteiger partial charge on any atom is -0.491 e. The largest absolute Gasteiger partial charge is 0.491 e. The van der Waals surface area contributed by atoms with Gasteiger partial charge in [-0.05, 0) is 28.5 Å². The lowest BCUT2D eigenvalue weighted by molar-refractivity contribution is -0.385. The van der Waals surface area contributed by atoms with Crippen molar-refractivity contribution in [3.63, 3.8) is 0 Å². The highest BCUT2D eigenvalue weighted by Gasteiger charge is 2.09. The molecule has 1 N–H and O–H groups in total. The van der Waals surface area contributed by atoms with Gasteiger partial charge in [0.05, 0.1) is 9.40 Å². The minimum atomic E-state index is -0.437. The first-order chi connectivity index (χ1) is 7.65. The van der Waals surface area contributed by atoms with Crippen LogP contribution in [0.15, 0.2) is 22.7 Å². The van der Waals surface area contributed by atoms with Crippen molar-refractivity contribution < 1.29 is 9.66 Å². The Morgan fingerprint density at radius 3 is 2.88 bits per heavy atom. The zero-order valence-electron chi connectivity index (χ0n) is 8.90. The van der Waals surface area contributed by atoms with Crippen molar-refractivity contribution in [3.8, 4) is 5.75 Å². The second-order valence-corrected chi connectivity index (χ2v) is 3.93. The maximum Gasteiger partial charge on any atom is 0.270 e. The van der Waals surface area contributed by atoms with Gasteiger partial charge in [0.25, 0.3) is 5.69 Å². The maximum absolute atomic E-state index is 10.5. The Bertz CT molecular complexity index is 371. The number of likely N-dealkylation sites (N-methyl/N-ethyl adjacent to an activating group) is 1.